The summed E-state index contributed by atoms with van der Waals surface area (Å²) in [5.41, 5.74) is 4.77. The van der Waals surface area contributed by atoms with Gasteiger partial charge in [-0.05, 0) is 37.3 Å². The molecule has 1 aliphatic carbocycles. The smallest absolute Gasteiger partial charge is 0.0749 e. The summed E-state index contributed by atoms with van der Waals surface area (Å²) in [6.45, 7) is 2.09. The third kappa shape index (κ3) is 1.26. The molecule has 0 aliphatic heterocycles. The molecule has 2 heteroatoms. The van der Waals surface area contributed by atoms with Crippen LogP contribution in [0.1, 0.15) is 23.2 Å². The summed E-state index contributed by atoms with van der Waals surface area (Å²) in [6, 6.07) is 6.20. The minimum atomic E-state index is 0.927. The van der Waals surface area contributed by atoms with E-state index in [0.717, 1.165) is 28.8 Å². The van der Waals surface area contributed by atoms with E-state index >= 15 is 0 Å². The summed E-state index contributed by atoms with van der Waals surface area (Å²) < 4.78 is 0. The Balaban J connectivity index is 2.46. The Morgan fingerprint density at radius 2 is 2.13 bits per heavy atom. The molecular weight excluding hydrogens is 206 g/mol. The quantitative estimate of drug-likeness (QED) is 0.656. The molecule has 1 aromatic heterocycles. The van der Waals surface area contributed by atoms with Crippen molar-refractivity contribution in [2.24, 2.45) is 0 Å². The lowest BCUT2D eigenvalue weighted by Crippen LogP contribution is -1.93. The summed E-state index contributed by atoms with van der Waals surface area (Å²) in [5, 5.41) is 2.04. The van der Waals surface area contributed by atoms with Crippen molar-refractivity contribution >= 4 is 22.5 Å². The fourth-order valence-electron chi connectivity index (χ4n) is 2.37. The normalized spacial score (nSPS) is 14.5. The van der Waals surface area contributed by atoms with E-state index < -0.39 is 0 Å². The lowest BCUT2D eigenvalue weighted by Gasteiger charge is -2.08. The number of halogens is 1. The largest absolute Gasteiger partial charge is 0.252 e. The highest BCUT2D eigenvalue weighted by Gasteiger charge is 2.18. The maximum absolute atomic E-state index is 6.42. The van der Waals surface area contributed by atoms with Gasteiger partial charge in [0.25, 0.3) is 0 Å². The molecule has 15 heavy (non-hydrogen) atoms. The van der Waals surface area contributed by atoms with E-state index in [1.54, 1.807) is 0 Å². The van der Waals surface area contributed by atoms with Crippen LogP contribution in [0.15, 0.2) is 18.2 Å². The molecule has 0 saturated carbocycles. The zero-order valence-electron chi connectivity index (χ0n) is 8.68. The van der Waals surface area contributed by atoms with Gasteiger partial charge < -0.3 is 0 Å². The molecular formula is C13H12ClN. The Bertz CT molecular complexity index is 546. The number of aryl methyl sites for hydroxylation is 2. The van der Waals surface area contributed by atoms with E-state index in [-0.39, 0.29) is 0 Å². The highest BCUT2D eigenvalue weighted by molar-refractivity contribution is 6.36. The molecule has 0 spiro atoms. The Hall–Kier alpha value is -1.08. The minimum Gasteiger partial charge on any atom is -0.252 e. The third-order valence-electron chi connectivity index (χ3n) is 3.17. The van der Waals surface area contributed by atoms with Crippen molar-refractivity contribution in [3.05, 3.63) is 40.0 Å². The van der Waals surface area contributed by atoms with Gasteiger partial charge in [-0.25, -0.2) is 0 Å². The van der Waals surface area contributed by atoms with Crippen molar-refractivity contribution < 1.29 is 0 Å². The monoisotopic (exact) mass is 217 g/mol. The number of hydrogen-bond donors (Lipinski definition) is 0. The van der Waals surface area contributed by atoms with Gasteiger partial charge in [-0.3, -0.25) is 4.98 Å². The highest BCUT2D eigenvalue weighted by Crippen LogP contribution is 2.34. The molecule has 0 saturated heterocycles. The zero-order valence-corrected chi connectivity index (χ0v) is 9.43. The molecule has 2 aromatic rings. The van der Waals surface area contributed by atoms with Crippen LogP contribution in [0.25, 0.3) is 10.9 Å². The number of rotatable bonds is 0. The third-order valence-corrected chi connectivity index (χ3v) is 3.61. The van der Waals surface area contributed by atoms with Gasteiger partial charge in [0.2, 0.25) is 0 Å². The van der Waals surface area contributed by atoms with Gasteiger partial charge in [0, 0.05) is 11.1 Å². The first-order valence-electron chi connectivity index (χ1n) is 5.34. The molecule has 1 aromatic carbocycles. The molecule has 1 aliphatic rings. The molecule has 0 fully saturated rings. The van der Waals surface area contributed by atoms with Gasteiger partial charge in [-0.15, -0.1) is 0 Å². The fourth-order valence-corrected chi connectivity index (χ4v) is 2.73. The number of para-hydroxylation sites is 1. The number of aromatic nitrogens is 1. The van der Waals surface area contributed by atoms with Gasteiger partial charge in [0.1, 0.15) is 0 Å². The lowest BCUT2D eigenvalue weighted by molar-refractivity contribution is 0.901. The van der Waals surface area contributed by atoms with Crippen LogP contribution in [0, 0.1) is 6.92 Å². The molecule has 0 bridgehead atoms. The van der Waals surface area contributed by atoms with Crippen molar-refractivity contribution in [3.63, 3.8) is 0 Å². The van der Waals surface area contributed by atoms with Crippen LogP contribution in [0.4, 0.5) is 0 Å². The second-order valence-corrected chi connectivity index (χ2v) is 4.55. The first-order chi connectivity index (χ1) is 7.27. The summed E-state index contributed by atoms with van der Waals surface area (Å²) in [4.78, 5) is 4.73. The van der Waals surface area contributed by atoms with Crippen LogP contribution in [-0.4, -0.2) is 4.98 Å². The Kier molecular flexibility index (Phi) is 1.96. The van der Waals surface area contributed by atoms with E-state index in [4.69, 9.17) is 16.6 Å². The maximum atomic E-state index is 6.42. The summed E-state index contributed by atoms with van der Waals surface area (Å²) in [6.07, 6.45) is 3.36. The molecule has 0 atom stereocenters. The van der Waals surface area contributed by atoms with Crippen LogP contribution in [0.2, 0.25) is 5.02 Å². The fraction of sp³-hybridized carbons (Fsp3) is 0.308. The second kappa shape index (κ2) is 3.21. The highest BCUT2D eigenvalue weighted by atomic mass is 35.5. The molecule has 0 N–H and O–H groups in total. The van der Waals surface area contributed by atoms with Crippen molar-refractivity contribution in [3.8, 4) is 0 Å². The molecule has 76 valence electrons. The van der Waals surface area contributed by atoms with Crippen LogP contribution < -0.4 is 0 Å². The van der Waals surface area contributed by atoms with E-state index in [9.17, 15) is 0 Å². The molecule has 0 radical (unpaired) electrons. The Labute approximate surface area is 94.1 Å². The second-order valence-electron chi connectivity index (χ2n) is 4.18. The van der Waals surface area contributed by atoms with E-state index in [1.165, 1.54) is 23.2 Å². The average molecular weight is 218 g/mol. The summed E-state index contributed by atoms with van der Waals surface area (Å²) >= 11 is 6.42. The predicted octanol–water partition coefficient (Wildman–Crippen LogP) is 3.69. The predicted molar refractivity (Wildman–Crippen MR) is 63.5 cm³/mol. The molecule has 0 unspecified atom stereocenters. The van der Waals surface area contributed by atoms with Crippen LogP contribution in [0.5, 0.6) is 0 Å². The van der Waals surface area contributed by atoms with E-state index in [0.29, 0.717) is 0 Å². The van der Waals surface area contributed by atoms with Crippen molar-refractivity contribution in [2.45, 2.75) is 26.2 Å². The zero-order chi connectivity index (χ0) is 10.4. The van der Waals surface area contributed by atoms with Gasteiger partial charge in [0.05, 0.1) is 10.5 Å². The topological polar surface area (TPSA) is 12.9 Å². The Morgan fingerprint density at radius 1 is 1.27 bits per heavy atom. The average Bonchev–Trinajstić information content (AvgIpc) is 2.68. The van der Waals surface area contributed by atoms with E-state index in [2.05, 4.69) is 19.1 Å². The SMILES string of the molecule is Cc1cccc2c(Cl)c3c(nc12)CCC3. The van der Waals surface area contributed by atoms with Gasteiger partial charge in [-0.1, -0.05) is 29.8 Å². The number of nitrogens with zero attached hydrogens (tertiary/aromatic N) is 1. The van der Waals surface area contributed by atoms with Crippen molar-refractivity contribution in [1.82, 2.24) is 4.98 Å². The first kappa shape index (κ1) is 9.17. The number of hydrogen-bond acceptors (Lipinski definition) is 1. The van der Waals surface area contributed by atoms with Crippen LogP contribution in [-0.2, 0) is 12.8 Å². The summed E-state index contributed by atoms with van der Waals surface area (Å²) in [5.74, 6) is 0. The number of fused-ring (bicyclic) bond motifs is 2. The van der Waals surface area contributed by atoms with Crippen molar-refractivity contribution in [2.75, 3.05) is 0 Å². The molecule has 3 rings (SSSR count). The molecule has 1 heterocycles. The van der Waals surface area contributed by atoms with E-state index in [1.807, 2.05) is 6.07 Å². The van der Waals surface area contributed by atoms with Crippen molar-refractivity contribution in [1.29, 1.82) is 0 Å². The van der Waals surface area contributed by atoms with Crippen LogP contribution in [0.3, 0.4) is 0 Å². The van der Waals surface area contributed by atoms with Gasteiger partial charge in [-0.2, -0.15) is 0 Å². The Morgan fingerprint density at radius 3 is 3.00 bits per heavy atom. The molecule has 1 nitrogen and oxygen atoms in total. The van der Waals surface area contributed by atoms with Gasteiger partial charge >= 0.3 is 0 Å². The minimum absolute atomic E-state index is 0.927. The first-order valence-corrected chi connectivity index (χ1v) is 5.72. The number of pyridine rings is 1. The van der Waals surface area contributed by atoms with Crippen LogP contribution >= 0.6 is 11.6 Å². The lowest BCUT2D eigenvalue weighted by atomic mass is 10.1. The van der Waals surface area contributed by atoms with Gasteiger partial charge in [0.15, 0.2) is 0 Å². The molecule has 0 amide bonds. The standard InChI is InChI=1S/C13H12ClN/c1-8-4-2-6-10-12(14)9-5-3-7-11(9)15-13(8)10/h2,4,6H,3,5,7H2,1H3. The number of benzene rings is 1. The summed E-state index contributed by atoms with van der Waals surface area (Å²) in [7, 11) is 0. The maximum Gasteiger partial charge on any atom is 0.0749 e.